The molecule has 2 aromatic rings. The summed E-state index contributed by atoms with van der Waals surface area (Å²) in [6, 6.07) is 4.62. The van der Waals surface area contributed by atoms with Crippen molar-refractivity contribution in [1.29, 1.82) is 0 Å². The van der Waals surface area contributed by atoms with E-state index in [9.17, 15) is 27.7 Å². The summed E-state index contributed by atoms with van der Waals surface area (Å²) < 4.78 is 54.1. The molecule has 0 radical (unpaired) electrons. The van der Waals surface area contributed by atoms with E-state index in [-0.39, 0.29) is 11.5 Å². The van der Waals surface area contributed by atoms with Gasteiger partial charge in [0.2, 0.25) is 5.75 Å². The molecule has 11 heteroatoms. The first kappa shape index (κ1) is 16.5. The Morgan fingerprint density at radius 1 is 1.30 bits per heavy atom. The van der Waals surface area contributed by atoms with Gasteiger partial charge in [-0.15, -0.1) is 0 Å². The summed E-state index contributed by atoms with van der Waals surface area (Å²) in [5.74, 6) is -0.454. The van der Waals surface area contributed by atoms with Gasteiger partial charge in [-0.2, -0.15) is 13.9 Å². The first-order valence-electron chi connectivity index (χ1n) is 6.17. The Morgan fingerprint density at radius 3 is 2.65 bits per heavy atom. The molecule has 1 heterocycles. The SMILES string of the molecule is O=[N+]([O-])c1ccc(Nc2ccn(CC(F)F)n2)cc1OC(F)F. The van der Waals surface area contributed by atoms with Gasteiger partial charge >= 0.3 is 12.3 Å². The quantitative estimate of drug-likeness (QED) is 0.477. The van der Waals surface area contributed by atoms with E-state index in [0.29, 0.717) is 0 Å². The number of nitrogens with zero attached hydrogens (tertiary/aromatic N) is 3. The lowest BCUT2D eigenvalue weighted by Gasteiger charge is -2.08. The molecule has 7 nitrogen and oxygen atoms in total. The summed E-state index contributed by atoms with van der Waals surface area (Å²) >= 11 is 0. The number of nitro groups is 1. The standard InChI is InChI=1S/C12H10F4N4O3/c13-10(14)6-19-4-3-11(18-19)17-7-1-2-8(20(21)22)9(5-7)23-12(15)16/h1-5,10,12H,6H2,(H,17,18). The Balaban J connectivity index is 2.19. The maximum Gasteiger partial charge on any atom is 0.387 e. The van der Waals surface area contributed by atoms with Crippen LogP contribution in [0.25, 0.3) is 0 Å². The number of benzene rings is 1. The number of nitro benzene ring substituents is 1. The summed E-state index contributed by atoms with van der Waals surface area (Å²) in [6.07, 6.45) is -1.27. The second-order valence-corrected chi connectivity index (χ2v) is 4.26. The summed E-state index contributed by atoms with van der Waals surface area (Å²) in [5.41, 5.74) is -0.451. The van der Waals surface area contributed by atoms with Crippen LogP contribution in [0.4, 0.5) is 34.8 Å². The average Bonchev–Trinajstić information content (AvgIpc) is 2.84. The van der Waals surface area contributed by atoms with E-state index in [1.807, 2.05) is 0 Å². The highest BCUT2D eigenvalue weighted by molar-refractivity contribution is 5.63. The Labute approximate surface area is 126 Å². The molecule has 1 aromatic carbocycles. The van der Waals surface area contributed by atoms with Crippen molar-refractivity contribution in [3.63, 3.8) is 0 Å². The first-order chi connectivity index (χ1) is 10.8. The Kier molecular flexibility index (Phi) is 4.98. The molecule has 0 amide bonds. The number of alkyl halides is 4. The van der Waals surface area contributed by atoms with Gasteiger partial charge in [-0.1, -0.05) is 0 Å². The number of hydrogen-bond donors (Lipinski definition) is 1. The van der Waals surface area contributed by atoms with E-state index in [4.69, 9.17) is 0 Å². The summed E-state index contributed by atoms with van der Waals surface area (Å²) in [4.78, 5) is 9.89. The second kappa shape index (κ2) is 6.94. The van der Waals surface area contributed by atoms with Crippen molar-refractivity contribution in [1.82, 2.24) is 9.78 Å². The molecule has 0 aliphatic heterocycles. The topological polar surface area (TPSA) is 82.2 Å². The zero-order valence-corrected chi connectivity index (χ0v) is 11.3. The van der Waals surface area contributed by atoms with Crippen molar-refractivity contribution in [2.75, 3.05) is 5.32 Å². The highest BCUT2D eigenvalue weighted by Crippen LogP contribution is 2.32. The van der Waals surface area contributed by atoms with Crippen molar-refractivity contribution < 1.29 is 27.2 Å². The molecular formula is C12H10F4N4O3. The van der Waals surface area contributed by atoms with Crippen LogP contribution in [0.1, 0.15) is 0 Å². The Hall–Kier alpha value is -2.85. The van der Waals surface area contributed by atoms with Crippen LogP contribution in [0.3, 0.4) is 0 Å². The van der Waals surface area contributed by atoms with E-state index in [2.05, 4.69) is 15.2 Å². The van der Waals surface area contributed by atoms with Gasteiger partial charge in [0.15, 0.2) is 5.82 Å². The second-order valence-electron chi connectivity index (χ2n) is 4.26. The van der Waals surface area contributed by atoms with Crippen molar-refractivity contribution in [2.24, 2.45) is 0 Å². The summed E-state index contributed by atoms with van der Waals surface area (Å²) in [7, 11) is 0. The number of hydrogen-bond acceptors (Lipinski definition) is 5. The predicted octanol–water partition coefficient (Wildman–Crippen LogP) is 3.40. The van der Waals surface area contributed by atoms with E-state index < -0.39 is 35.9 Å². The largest absolute Gasteiger partial charge is 0.427 e. The average molecular weight is 334 g/mol. The summed E-state index contributed by atoms with van der Waals surface area (Å²) in [5, 5.41) is 17.2. The molecular weight excluding hydrogens is 324 g/mol. The lowest BCUT2D eigenvalue weighted by molar-refractivity contribution is -0.386. The number of rotatable bonds is 7. The van der Waals surface area contributed by atoms with Gasteiger partial charge in [0, 0.05) is 30.1 Å². The normalized spacial score (nSPS) is 11.0. The van der Waals surface area contributed by atoms with Crippen LogP contribution >= 0.6 is 0 Å². The lowest BCUT2D eigenvalue weighted by Crippen LogP contribution is -2.07. The third kappa shape index (κ3) is 4.56. The number of anilines is 2. The van der Waals surface area contributed by atoms with Gasteiger partial charge in [0.25, 0.3) is 6.43 Å². The molecule has 0 aliphatic rings. The van der Waals surface area contributed by atoms with E-state index in [0.717, 1.165) is 16.8 Å². The monoisotopic (exact) mass is 334 g/mol. The first-order valence-corrected chi connectivity index (χ1v) is 6.17. The molecule has 0 saturated heterocycles. The molecule has 0 unspecified atom stereocenters. The minimum atomic E-state index is -3.23. The van der Waals surface area contributed by atoms with Gasteiger partial charge < -0.3 is 10.1 Å². The highest BCUT2D eigenvalue weighted by atomic mass is 19.3. The third-order valence-electron chi connectivity index (χ3n) is 2.61. The fraction of sp³-hybridized carbons (Fsp3) is 0.250. The molecule has 0 aliphatic carbocycles. The molecule has 0 saturated carbocycles. The molecule has 124 valence electrons. The Bertz CT molecular complexity index is 693. The van der Waals surface area contributed by atoms with Crippen LogP contribution < -0.4 is 10.1 Å². The minimum Gasteiger partial charge on any atom is -0.427 e. The molecule has 0 spiro atoms. The fourth-order valence-electron chi connectivity index (χ4n) is 1.75. The predicted molar refractivity (Wildman–Crippen MR) is 71.2 cm³/mol. The maximum atomic E-state index is 12.3. The van der Waals surface area contributed by atoms with Gasteiger partial charge in [0.05, 0.1) is 4.92 Å². The molecule has 1 N–H and O–H groups in total. The van der Waals surface area contributed by atoms with Crippen LogP contribution in [-0.4, -0.2) is 27.7 Å². The molecule has 0 bridgehead atoms. The van der Waals surface area contributed by atoms with Crippen LogP contribution in [0.2, 0.25) is 0 Å². The van der Waals surface area contributed by atoms with E-state index in [1.54, 1.807) is 0 Å². The van der Waals surface area contributed by atoms with Gasteiger partial charge in [-0.3, -0.25) is 14.8 Å². The molecule has 2 rings (SSSR count). The van der Waals surface area contributed by atoms with E-state index in [1.165, 1.54) is 18.3 Å². The minimum absolute atomic E-state index is 0.169. The zero-order valence-electron chi connectivity index (χ0n) is 11.3. The Morgan fingerprint density at radius 2 is 2.04 bits per heavy atom. The van der Waals surface area contributed by atoms with Crippen LogP contribution in [0.5, 0.6) is 5.75 Å². The highest BCUT2D eigenvalue weighted by Gasteiger charge is 2.19. The van der Waals surface area contributed by atoms with Crippen LogP contribution in [0.15, 0.2) is 30.5 Å². The molecule has 0 fully saturated rings. The summed E-state index contributed by atoms with van der Waals surface area (Å²) in [6.45, 7) is -3.82. The lowest BCUT2D eigenvalue weighted by atomic mass is 10.2. The van der Waals surface area contributed by atoms with E-state index >= 15 is 0 Å². The van der Waals surface area contributed by atoms with Crippen molar-refractivity contribution >= 4 is 17.2 Å². The van der Waals surface area contributed by atoms with Crippen molar-refractivity contribution in [3.8, 4) is 5.75 Å². The van der Waals surface area contributed by atoms with Gasteiger partial charge in [-0.05, 0) is 6.07 Å². The third-order valence-corrected chi connectivity index (χ3v) is 2.61. The number of halogens is 4. The number of nitrogens with one attached hydrogen (secondary N) is 1. The van der Waals surface area contributed by atoms with Gasteiger partial charge in [0.1, 0.15) is 6.54 Å². The fourth-order valence-corrected chi connectivity index (χ4v) is 1.75. The molecule has 23 heavy (non-hydrogen) atoms. The smallest absolute Gasteiger partial charge is 0.387 e. The van der Waals surface area contributed by atoms with Crippen LogP contribution in [0, 0.1) is 10.1 Å². The van der Waals surface area contributed by atoms with Crippen LogP contribution in [-0.2, 0) is 6.54 Å². The molecule has 0 atom stereocenters. The van der Waals surface area contributed by atoms with Gasteiger partial charge in [-0.25, -0.2) is 8.78 Å². The number of aromatic nitrogens is 2. The maximum absolute atomic E-state index is 12.3. The van der Waals surface area contributed by atoms with Crippen molar-refractivity contribution in [2.45, 2.75) is 19.6 Å². The molecule has 1 aromatic heterocycles. The zero-order chi connectivity index (χ0) is 17.0. The van der Waals surface area contributed by atoms with Crippen molar-refractivity contribution in [3.05, 3.63) is 40.6 Å². The number of ether oxygens (including phenoxy) is 1.